The summed E-state index contributed by atoms with van der Waals surface area (Å²) in [7, 11) is 0. The zero-order valence-corrected chi connectivity index (χ0v) is 17.3. The number of benzene rings is 2. The minimum Gasteiger partial charge on any atom is -0.332 e. The van der Waals surface area contributed by atoms with Gasteiger partial charge in [-0.05, 0) is 43.2 Å². The van der Waals surface area contributed by atoms with Crippen molar-refractivity contribution >= 4 is 23.4 Å². The predicted molar refractivity (Wildman–Crippen MR) is 119 cm³/mol. The molecule has 1 aromatic heterocycles. The van der Waals surface area contributed by atoms with Gasteiger partial charge in [0.1, 0.15) is 11.6 Å². The lowest BCUT2D eigenvalue weighted by Gasteiger charge is -2.31. The second-order valence-electron chi connectivity index (χ2n) is 7.39. The van der Waals surface area contributed by atoms with E-state index in [2.05, 4.69) is 27.6 Å². The van der Waals surface area contributed by atoms with Gasteiger partial charge in [-0.25, -0.2) is 13.9 Å². The molecule has 8 heteroatoms. The normalized spacial score (nSPS) is 13.7. The van der Waals surface area contributed by atoms with Gasteiger partial charge in [-0.2, -0.15) is 5.10 Å². The Hall–Kier alpha value is -4.12. The lowest BCUT2D eigenvalue weighted by Crippen LogP contribution is -2.39. The van der Waals surface area contributed by atoms with Crippen molar-refractivity contribution in [1.82, 2.24) is 14.7 Å². The fourth-order valence-electron chi connectivity index (χ4n) is 3.59. The molecule has 3 amide bonds. The first kappa shape index (κ1) is 21.1. The number of likely N-dealkylation sites (tertiary alicyclic amines) is 1. The maximum Gasteiger partial charge on any atom is 0.324 e. The Morgan fingerprint density at radius 3 is 2.53 bits per heavy atom. The number of nitrogens with zero attached hydrogens (tertiary/aromatic N) is 3. The molecule has 0 spiro atoms. The SMILES string of the molecule is O=C(Nc1cccc(F)c1)Nc1ccnn1C1CCN(C(=O)C#Cc2ccccc2)CC1. The molecule has 1 aliphatic heterocycles. The summed E-state index contributed by atoms with van der Waals surface area (Å²) in [6.07, 6.45) is 3.00. The van der Waals surface area contributed by atoms with Gasteiger partial charge in [-0.3, -0.25) is 10.1 Å². The summed E-state index contributed by atoms with van der Waals surface area (Å²) in [6, 6.07) is 16.3. The van der Waals surface area contributed by atoms with Crippen LogP contribution >= 0.6 is 0 Å². The van der Waals surface area contributed by atoms with Gasteiger partial charge >= 0.3 is 6.03 Å². The molecule has 32 heavy (non-hydrogen) atoms. The Bertz CT molecular complexity index is 1160. The molecule has 0 saturated carbocycles. The Balaban J connectivity index is 1.33. The van der Waals surface area contributed by atoms with Crippen LogP contribution in [0.3, 0.4) is 0 Å². The van der Waals surface area contributed by atoms with Gasteiger partial charge in [0.25, 0.3) is 5.91 Å². The van der Waals surface area contributed by atoms with E-state index in [9.17, 15) is 14.0 Å². The number of rotatable bonds is 3. The van der Waals surface area contributed by atoms with E-state index < -0.39 is 11.8 Å². The number of anilines is 2. The standard InChI is InChI=1S/C24H22FN5O2/c25-19-7-4-8-20(17-19)27-24(32)28-22-11-14-26-30(22)21-12-15-29(16-13-21)23(31)10-9-18-5-2-1-3-6-18/h1-8,11,14,17,21H,12-13,15-16H2,(H2,27,28,32). The average molecular weight is 431 g/mol. The molecule has 1 saturated heterocycles. The number of carbonyl (C=O) groups is 2. The highest BCUT2D eigenvalue weighted by Crippen LogP contribution is 2.25. The lowest BCUT2D eigenvalue weighted by atomic mass is 10.1. The van der Waals surface area contributed by atoms with Crippen molar-refractivity contribution in [2.24, 2.45) is 0 Å². The lowest BCUT2D eigenvalue weighted by molar-refractivity contribution is -0.126. The minimum absolute atomic E-state index is 0.0422. The van der Waals surface area contributed by atoms with Crippen LogP contribution in [0.2, 0.25) is 0 Å². The zero-order valence-electron chi connectivity index (χ0n) is 17.3. The Kier molecular flexibility index (Phi) is 6.46. The summed E-state index contributed by atoms with van der Waals surface area (Å²) in [4.78, 5) is 26.5. The second kappa shape index (κ2) is 9.79. The summed E-state index contributed by atoms with van der Waals surface area (Å²) < 4.78 is 15.1. The van der Waals surface area contributed by atoms with E-state index in [4.69, 9.17) is 0 Å². The summed E-state index contributed by atoms with van der Waals surface area (Å²) in [5.41, 5.74) is 1.16. The molecule has 1 fully saturated rings. The highest BCUT2D eigenvalue weighted by Gasteiger charge is 2.25. The van der Waals surface area contributed by atoms with Crippen molar-refractivity contribution in [3.05, 3.63) is 78.2 Å². The number of amides is 3. The van der Waals surface area contributed by atoms with E-state index in [-0.39, 0.29) is 11.9 Å². The zero-order chi connectivity index (χ0) is 22.3. The molecule has 0 radical (unpaired) electrons. The van der Waals surface area contributed by atoms with Crippen LogP contribution < -0.4 is 10.6 Å². The second-order valence-corrected chi connectivity index (χ2v) is 7.39. The molecule has 2 N–H and O–H groups in total. The minimum atomic E-state index is -0.485. The van der Waals surface area contributed by atoms with Crippen LogP contribution in [0.5, 0.6) is 0 Å². The smallest absolute Gasteiger partial charge is 0.324 e. The molecule has 4 rings (SSSR count). The Morgan fingerprint density at radius 2 is 1.78 bits per heavy atom. The number of urea groups is 1. The summed E-state index contributed by atoms with van der Waals surface area (Å²) >= 11 is 0. The topological polar surface area (TPSA) is 79.3 Å². The number of hydrogen-bond donors (Lipinski definition) is 2. The molecule has 2 aromatic carbocycles. The predicted octanol–water partition coefficient (Wildman–Crippen LogP) is 3.88. The fraction of sp³-hybridized carbons (Fsp3) is 0.208. The number of hydrogen-bond acceptors (Lipinski definition) is 3. The third-order valence-electron chi connectivity index (χ3n) is 5.18. The molecule has 0 aliphatic carbocycles. The molecule has 0 unspecified atom stereocenters. The van der Waals surface area contributed by atoms with Crippen LogP contribution in [0.1, 0.15) is 24.4 Å². The van der Waals surface area contributed by atoms with Crippen LogP contribution in [0, 0.1) is 17.7 Å². The largest absolute Gasteiger partial charge is 0.332 e. The Labute approximate surface area is 185 Å². The highest BCUT2D eigenvalue weighted by molar-refractivity contribution is 5.99. The summed E-state index contributed by atoms with van der Waals surface area (Å²) in [5.74, 6) is 5.52. The first-order valence-electron chi connectivity index (χ1n) is 10.3. The fourth-order valence-corrected chi connectivity index (χ4v) is 3.59. The number of halogens is 1. The van der Waals surface area contributed by atoms with Crippen molar-refractivity contribution < 1.29 is 14.0 Å². The number of aromatic nitrogens is 2. The molecular weight excluding hydrogens is 409 g/mol. The van der Waals surface area contributed by atoms with Gasteiger partial charge in [-0.1, -0.05) is 30.2 Å². The van der Waals surface area contributed by atoms with E-state index in [1.54, 1.807) is 27.9 Å². The number of piperidine rings is 1. The van der Waals surface area contributed by atoms with Gasteiger partial charge in [-0.15, -0.1) is 0 Å². The van der Waals surface area contributed by atoms with E-state index in [1.165, 1.54) is 18.2 Å². The van der Waals surface area contributed by atoms with E-state index in [1.807, 2.05) is 30.3 Å². The quantitative estimate of drug-likeness (QED) is 0.618. The number of nitrogens with one attached hydrogen (secondary N) is 2. The monoisotopic (exact) mass is 431 g/mol. The third-order valence-corrected chi connectivity index (χ3v) is 5.18. The van der Waals surface area contributed by atoms with Crippen LogP contribution in [-0.2, 0) is 4.79 Å². The Morgan fingerprint density at radius 1 is 1.00 bits per heavy atom. The summed E-state index contributed by atoms with van der Waals surface area (Å²) in [5, 5.41) is 9.70. The maximum atomic E-state index is 13.3. The molecule has 3 aromatic rings. The molecule has 1 aliphatic rings. The summed E-state index contributed by atoms with van der Waals surface area (Å²) in [6.45, 7) is 1.11. The first-order chi connectivity index (χ1) is 15.6. The van der Waals surface area contributed by atoms with Crippen molar-refractivity contribution in [1.29, 1.82) is 0 Å². The molecular formula is C24H22FN5O2. The van der Waals surface area contributed by atoms with Crippen LogP contribution in [0.25, 0.3) is 0 Å². The third kappa shape index (κ3) is 5.32. The van der Waals surface area contributed by atoms with Crippen molar-refractivity contribution in [3.8, 4) is 11.8 Å². The van der Waals surface area contributed by atoms with Crippen LogP contribution in [0.15, 0.2) is 66.9 Å². The molecule has 0 atom stereocenters. The van der Waals surface area contributed by atoms with Gasteiger partial charge in [0.15, 0.2) is 0 Å². The van der Waals surface area contributed by atoms with E-state index in [0.717, 1.165) is 5.56 Å². The molecule has 2 heterocycles. The van der Waals surface area contributed by atoms with Gasteiger partial charge in [0.2, 0.25) is 0 Å². The van der Waals surface area contributed by atoms with E-state index >= 15 is 0 Å². The van der Waals surface area contributed by atoms with Gasteiger partial charge < -0.3 is 10.2 Å². The average Bonchev–Trinajstić information content (AvgIpc) is 3.26. The maximum absolute atomic E-state index is 13.3. The molecule has 0 bridgehead atoms. The first-order valence-corrected chi connectivity index (χ1v) is 10.3. The molecule has 162 valence electrons. The highest BCUT2D eigenvalue weighted by atomic mass is 19.1. The van der Waals surface area contributed by atoms with Crippen molar-refractivity contribution in [3.63, 3.8) is 0 Å². The van der Waals surface area contributed by atoms with Crippen molar-refractivity contribution in [2.45, 2.75) is 18.9 Å². The number of carbonyl (C=O) groups excluding carboxylic acids is 2. The van der Waals surface area contributed by atoms with Crippen molar-refractivity contribution in [2.75, 3.05) is 23.7 Å². The molecule has 7 nitrogen and oxygen atoms in total. The van der Waals surface area contributed by atoms with Gasteiger partial charge in [0, 0.05) is 36.3 Å². The van der Waals surface area contributed by atoms with E-state index in [0.29, 0.717) is 37.4 Å². The van der Waals surface area contributed by atoms with Crippen LogP contribution in [-0.4, -0.2) is 39.7 Å². The van der Waals surface area contributed by atoms with Gasteiger partial charge in [0.05, 0.1) is 12.2 Å². The van der Waals surface area contributed by atoms with Crippen LogP contribution in [0.4, 0.5) is 20.7 Å².